The Hall–Kier alpha value is -1.00. The van der Waals surface area contributed by atoms with Gasteiger partial charge in [-0.25, -0.2) is 4.57 Å². The summed E-state index contributed by atoms with van der Waals surface area (Å²) >= 11 is 0. The second-order valence-electron chi connectivity index (χ2n) is 1.71. The zero-order valence-corrected chi connectivity index (χ0v) is 7.29. The van der Waals surface area contributed by atoms with E-state index in [4.69, 9.17) is 10.5 Å². The fourth-order valence-electron chi connectivity index (χ4n) is 0.369. The number of hydrogen-bond donors (Lipinski definition) is 0. The van der Waals surface area contributed by atoms with Crippen molar-refractivity contribution < 1.29 is 13.6 Å². The maximum Gasteiger partial charge on any atom is 0.368 e. The molecule has 0 spiro atoms. The van der Waals surface area contributed by atoms with Crippen molar-refractivity contribution in [2.45, 2.75) is 12.8 Å². The van der Waals surface area contributed by atoms with Gasteiger partial charge in [-0.2, -0.15) is 10.5 Å². The van der Waals surface area contributed by atoms with Crippen molar-refractivity contribution in [3.8, 4) is 12.1 Å². The molecular weight excluding hydrogens is 179 g/mol. The first-order valence-electron chi connectivity index (χ1n) is 3.28. The van der Waals surface area contributed by atoms with E-state index in [0.717, 1.165) is 0 Å². The third-order valence-electron chi connectivity index (χ3n) is 0.821. The Labute approximate surface area is 71.5 Å². The van der Waals surface area contributed by atoms with Crippen molar-refractivity contribution in [3.63, 3.8) is 0 Å². The van der Waals surface area contributed by atoms with Crippen LogP contribution in [0, 0.1) is 22.7 Å². The lowest BCUT2D eigenvalue weighted by Gasteiger charge is -1.98. The van der Waals surface area contributed by atoms with Crippen LogP contribution < -0.4 is 0 Å². The van der Waals surface area contributed by atoms with E-state index in [-0.39, 0.29) is 26.1 Å². The summed E-state index contributed by atoms with van der Waals surface area (Å²) in [5.74, 6) is 0. The van der Waals surface area contributed by atoms with E-state index >= 15 is 0 Å². The standard InChI is InChI=1S/C6H8N2O3P/c7-3-1-5-10-12(9)11-6-2-4-8/h1-2,5-6H2. The molecule has 6 heteroatoms. The molecule has 0 aromatic carbocycles. The second kappa shape index (κ2) is 8.10. The van der Waals surface area contributed by atoms with Crippen LogP contribution in [-0.2, 0) is 13.6 Å². The lowest BCUT2D eigenvalue weighted by atomic mass is 10.5. The molecule has 0 atom stereocenters. The lowest BCUT2D eigenvalue weighted by Crippen LogP contribution is -1.89. The number of nitrogens with zero attached hydrogens (tertiary/aromatic N) is 2. The van der Waals surface area contributed by atoms with E-state index in [0.29, 0.717) is 0 Å². The van der Waals surface area contributed by atoms with Crippen LogP contribution in [0.25, 0.3) is 0 Å². The Kier molecular flexibility index (Phi) is 7.42. The average molecular weight is 187 g/mol. The average Bonchev–Trinajstić information content (AvgIpc) is 2.06. The van der Waals surface area contributed by atoms with Crippen molar-refractivity contribution in [1.29, 1.82) is 10.5 Å². The van der Waals surface area contributed by atoms with Crippen LogP contribution in [0.5, 0.6) is 0 Å². The monoisotopic (exact) mass is 187 g/mol. The Morgan fingerprint density at radius 1 is 1.08 bits per heavy atom. The summed E-state index contributed by atoms with van der Waals surface area (Å²) in [7, 11) is -2.16. The Balaban J connectivity index is 3.24. The highest BCUT2D eigenvalue weighted by Gasteiger charge is 2.00. The third-order valence-corrected chi connectivity index (χ3v) is 1.61. The Morgan fingerprint density at radius 3 is 1.83 bits per heavy atom. The molecule has 0 bridgehead atoms. The molecule has 12 heavy (non-hydrogen) atoms. The maximum atomic E-state index is 10.7. The number of hydrogen-bond acceptors (Lipinski definition) is 5. The molecule has 5 nitrogen and oxygen atoms in total. The summed E-state index contributed by atoms with van der Waals surface area (Å²) < 4.78 is 19.8. The van der Waals surface area contributed by atoms with Crippen molar-refractivity contribution in [2.24, 2.45) is 0 Å². The van der Waals surface area contributed by atoms with Crippen LogP contribution in [0.2, 0.25) is 0 Å². The molecule has 0 unspecified atom stereocenters. The summed E-state index contributed by atoms with van der Waals surface area (Å²) in [5, 5.41) is 16.2. The molecule has 0 heterocycles. The maximum absolute atomic E-state index is 10.7. The van der Waals surface area contributed by atoms with E-state index < -0.39 is 8.25 Å². The van der Waals surface area contributed by atoms with E-state index in [1.807, 2.05) is 12.1 Å². The summed E-state index contributed by atoms with van der Waals surface area (Å²) in [6.45, 7) is 0.191. The molecule has 0 aliphatic heterocycles. The van der Waals surface area contributed by atoms with E-state index in [1.54, 1.807) is 0 Å². The Bertz CT molecular complexity index is 196. The molecule has 0 aromatic rings. The molecule has 0 fully saturated rings. The highest BCUT2D eigenvalue weighted by Crippen LogP contribution is 2.23. The van der Waals surface area contributed by atoms with Gasteiger partial charge in [0.25, 0.3) is 0 Å². The van der Waals surface area contributed by atoms with Crippen LogP contribution >= 0.6 is 8.25 Å². The first-order chi connectivity index (χ1) is 5.81. The third kappa shape index (κ3) is 7.11. The van der Waals surface area contributed by atoms with Crippen LogP contribution in [0.3, 0.4) is 0 Å². The normalized spacial score (nSPS) is 8.50. The fraction of sp³-hybridized carbons (Fsp3) is 0.667. The summed E-state index contributed by atoms with van der Waals surface area (Å²) in [5.41, 5.74) is 0. The second-order valence-corrected chi connectivity index (χ2v) is 2.67. The van der Waals surface area contributed by atoms with E-state index in [1.165, 1.54) is 0 Å². The van der Waals surface area contributed by atoms with Crippen LogP contribution in [0.15, 0.2) is 0 Å². The topological polar surface area (TPSA) is 83.1 Å². The quantitative estimate of drug-likeness (QED) is 0.464. The first kappa shape index (κ1) is 11.0. The molecule has 0 saturated heterocycles. The number of rotatable bonds is 6. The van der Waals surface area contributed by atoms with Crippen LogP contribution in [0.4, 0.5) is 0 Å². The van der Waals surface area contributed by atoms with Crippen molar-refractivity contribution >= 4 is 8.25 Å². The highest BCUT2D eigenvalue weighted by atomic mass is 31.1. The van der Waals surface area contributed by atoms with Crippen molar-refractivity contribution in [1.82, 2.24) is 0 Å². The molecule has 0 saturated carbocycles. The van der Waals surface area contributed by atoms with Gasteiger partial charge in [0, 0.05) is 0 Å². The van der Waals surface area contributed by atoms with Gasteiger partial charge in [-0.05, 0) is 0 Å². The van der Waals surface area contributed by atoms with Gasteiger partial charge in [0.05, 0.1) is 38.2 Å². The smallest absolute Gasteiger partial charge is 0.282 e. The SMILES string of the molecule is N#CCCO[P](=O)OCCC#N. The highest BCUT2D eigenvalue weighted by molar-refractivity contribution is 7.33. The van der Waals surface area contributed by atoms with Crippen LogP contribution in [-0.4, -0.2) is 13.2 Å². The van der Waals surface area contributed by atoms with Gasteiger partial charge in [-0.1, -0.05) is 0 Å². The molecule has 1 radical (unpaired) electrons. The fourth-order valence-corrected chi connectivity index (χ4v) is 0.924. The summed E-state index contributed by atoms with van der Waals surface area (Å²) in [4.78, 5) is 0. The van der Waals surface area contributed by atoms with Crippen LogP contribution in [0.1, 0.15) is 12.8 Å². The van der Waals surface area contributed by atoms with Crippen molar-refractivity contribution in [3.05, 3.63) is 0 Å². The van der Waals surface area contributed by atoms with E-state index in [2.05, 4.69) is 9.05 Å². The Morgan fingerprint density at radius 2 is 1.50 bits per heavy atom. The van der Waals surface area contributed by atoms with Gasteiger partial charge in [0.2, 0.25) is 0 Å². The minimum Gasteiger partial charge on any atom is -0.282 e. The predicted molar refractivity (Wildman–Crippen MR) is 40.0 cm³/mol. The minimum absolute atomic E-state index is 0.0955. The minimum atomic E-state index is -2.16. The molecule has 0 N–H and O–H groups in total. The molecule has 0 aromatic heterocycles. The molecule has 0 aliphatic carbocycles. The zero-order valence-electron chi connectivity index (χ0n) is 6.39. The molecule has 0 aliphatic rings. The van der Waals surface area contributed by atoms with Gasteiger partial charge in [-0.15, -0.1) is 0 Å². The summed E-state index contributed by atoms with van der Waals surface area (Å²) in [6, 6.07) is 3.66. The van der Waals surface area contributed by atoms with E-state index in [9.17, 15) is 4.57 Å². The van der Waals surface area contributed by atoms with Gasteiger partial charge in [0.1, 0.15) is 0 Å². The zero-order chi connectivity index (χ0) is 9.23. The largest absolute Gasteiger partial charge is 0.368 e. The predicted octanol–water partition coefficient (Wildman–Crippen LogP) is 1.50. The van der Waals surface area contributed by atoms with Crippen molar-refractivity contribution in [2.75, 3.05) is 13.2 Å². The first-order valence-corrected chi connectivity index (χ1v) is 4.37. The van der Waals surface area contributed by atoms with Gasteiger partial charge >= 0.3 is 8.25 Å². The van der Waals surface area contributed by atoms with Gasteiger partial charge < -0.3 is 0 Å². The van der Waals surface area contributed by atoms with Gasteiger partial charge in [-0.3, -0.25) is 9.05 Å². The van der Waals surface area contributed by atoms with Gasteiger partial charge in [0.15, 0.2) is 0 Å². The molecule has 0 amide bonds. The molecule has 0 rings (SSSR count). The summed E-state index contributed by atoms with van der Waals surface area (Å²) in [6.07, 6.45) is 0.366. The number of nitriles is 2. The molecular formula is C6H8N2O3P. The molecule has 65 valence electrons. The lowest BCUT2D eigenvalue weighted by molar-refractivity contribution is 0.233.